The Morgan fingerprint density at radius 1 is 1.25 bits per heavy atom. The molecule has 0 aliphatic heterocycles. The van der Waals surface area contributed by atoms with Crippen molar-refractivity contribution in [1.82, 2.24) is 5.32 Å². The predicted molar refractivity (Wildman–Crippen MR) is 91.2 cm³/mol. The molecule has 0 saturated carbocycles. The number of hydrogen-bond acceptors (Lipinski definition) is 3. The largest absolute Gasteiger partial charge is 0.497 e. The number of halogens is 2. The maximum Gasteiger partial charge on any atom is 0.225 e. The highest BCUT2D eigenvalue weighted by Crippen LogP contribution is 2.29. The number of benzene rings is 2. The maximum absolute atomic E-state index is 13.8. The third-order valence-electron chi connectivity index (χ3n) is 3.68. The fourth-order valence-corrected chi connectivity index (χ4v) is 2.64. The Labute approximate surface area is 145 Å². The van der Waals surface area contributed by atoms with Crippen molar-refractivity contribution in [2.45, 2.75) is 19.4 Å². The van der Waals surface area contributed by atoms with E-state index in [9.17, 15) is 9.18 Å². The number of carbonyl (C=O) groups is 1. The highest BCUT2D eigenvalue weighted by atomic mass is 35.5. The van der Waals surface area contributed by atoms with Gasteiger partial charge in [-0.2, -0.15) is 0 Å². The van der Waals surface area contributed by atoms with Gasteiger partial charge in [-0.25, -0.2) is 4.39 Å². The lowest BCUT2D eigenvalue weighted by molar-refractivity contribution is -0.121. The molecule has 2 rings (SSSR count). The van der Waals surface area contributed by atoms with Gasteiger partial charge in [-0.05, 0) is 37.3 Å². The van der Waals surface area contributed by atoms with Crippen LogP contribution < -0.4 is 14.8 Å². The molecule has 0 bridgehead atoms. The van der Waals surface area contributed by atoms with E-state index in [1.165, 1.54) is 12.1 Å². The summed E-state index contributed by atoms with van der Waals surface area (Å²) >= 11 is 5.96. The minimum absolute atomic E-state index is 0.137. The minimum Gasteiger partial charge on any atom is -0.497 e. The van der Waals surface area contributed by atoms with E-state index >= 15 is 0 Å². The Morgan fingerprint density at radius 3 is 2.62 bits per heavy atom. The van der Waals surface area contributed by atoms with Crippen LogP contribution in [0.3, 0.4) is 0 Å². The second kappa shape index (κ2) is 8.02. The molecule has 1 unspecified atom stereocenters. The summed E-state index contributed by atoms with van der Waals surface area (Å²) < 4.78 is 24.3. The van der Waals surface area contributed by atoms with Crippen molar-refractivity contribution in [2.24, 2.45) is 0 Å². The van der Waals surface area contributed by atoms with E-state index in [1.807, 2.05) is 6.92 Å². The van der Waals surface area contributed by atoms with Gasteiger partial charge in [0.25, 0.3) is 0 Å². The molecule has 24 heavy (non-hydrogen) atoms. The summed E-state index contributed by atoms with van der Waals surface area (Å²) in [5.74, 6) is 0.459. The first-order chi connectivity index (χ1) is 11.5. The lowest BCUT2D eigenvalue weighted by atomic mass is 10.1. The quantitative estimate of drug-likeness (QED) is 0.858. The third kappa shape index (κ3) is 4.17. The molecule has 0 heterocycles. The smallest absolute Gasteiger partial charge is 0.225 e. The van der Waals surface area contributed by atoms with Crippen LogP contribution in [0.2, 0.25) is 5.02 Å². The van der Waals surface area contributed by atoms with Crippen molar-refractivity contribution >= 4 is 17.5 Å². The third-order valence-corrected chi connectivity index (χ3v) is 4.03. The molecule has 2 aromatic rings. The number of amides is 1. The first-order valence-corrected chi connectivity index (χ1v) is 7.78. The highest BCUT2D eigenvalue weighted by Gasteiger charge is 2.17. The van der Waals surface area contributed by atoms with E-state index in [2.05, 4.69) is 5.32 Å². The fraction of sp³-hybridized carbons (Fsp3) is 0.278. The van der Waals surface area contributed by atoms with Crippen LogP contribution in [-0.2, 0) is 11.2 Å². The van der Waals surface area contributed by atoms with Crippen molar-refractivity contribution in [3.8, 4) is 11.5 Å². The van der Waals surface area contributed by atoms with Crippen molar-refractivity contribution in [1.29, 1.82) is 0 Å². The van der Waals surface area contributed by atoms with Crippen molar-refractivity contribution in [3.05, 3.63) is 58.4 Å². The molecule has 6 heteroatoms. The van der Waals surface area contributed by atoms with E-state index in [1.54, 1.807) is 38.5 Å². The highest BCUT2D eigenvalue weighted by molar-refractivity contribution is 6.31. The second-order valence-electron chi connectivity index (χ2n) is 5.27. The zero-order valence-corrected chi connectivity index (χ0v) is 14.5. The van der Waals surface area contributed by atoms with Gasteiger partial charge in [0.15, 0.2) is 0 Å². The molecule has 1 N–H and O–H groups in total. The number of rotatable bonds is 6. The maximum atomic E-state index is 13.8. The van der Waals surface area contributed by atoms with Crippen molar-refractivity contribution in [2.75, 3.05) is 14.2 Å². The predicted octanol–water partition coefficient (Wildman–Crippen LogP) is 3.92. The molecule has 0 spiro atoms. The van der Waals surface area contributed by atoms with Gasteiger partial charge in [0, 0.05) is 16.1 Å². The first kappa shape index (κ1) is 18.1. The van der Waals surface area contributed by atoms with Crippen LogP contribution in [-0.4, -0.2) is 20.1 Å². The Hall–Kier alpha value is -2.27. The molecule has 4 nitrogen and oxygen atoms in total. The second-order valence-corrected chi connectivity index (χ2v) is 5.68. The standard InChI is InChI=1S/C18H19ClFNO3/c1-11(13-9-12(23-2)7-8-17(13)24-3)21-18(22)10-14-15(19)5-4-6-16(14)20/h4-9,11H,10H2,1-3H3,(H,21,22). The van der Waals surface area contributed by atoms with Crippen LogP contribution >= 0.6 is 11.6 Å². The summed E-state index contributed by atoms with van der Waals surface area (Å²) in [6, 6.07) is 9.33. The monoisotopic (exact) mass is 351 g/mol. The number of hydrogen-bond donors (Lipinski definition) is 1. The Morgan fingerprint density at radius 2 is 2.00 bits per heavy atom. The first-order valence-electron chi connectivity index (χ1n) is 7.40. The normalized spacial score (nSPS) is 11.7. The van der Waals surface area contributed by atoms with Gasteiger partial charge in [-0.3, -0.25) is 4.79 Å². The number of nitrogens with one attached hydrogen (secondary N) is 1. The van der Waals surface area contributed by atoms with E-state index in [4.69, 9.17) is 21.1 Å². The fourth-order valence-electron chi connectivity index (χ4n) is 2.41. The minimum atomic E-state index is -0.496. The number of carbonyl (C=O) groups excluding carboxylic acids is 1. The molecule has 0 radical (unpaired) electrons. The Bertz CT molecular complexity index is 716. The van der Waals surface area contributed by atoms with Crippen LogP contribution in [0.5, 0.6) is 11.5 Å². The Balaban J connectivity index is 2.14. The number of methoxy groups -OCH3 is 2. The van der Waals surface area contributed by atoms with Crippen molar-refractivity contribution < 1.29 is 18.7 Å². The van der Waals surface area contributed by atoms with E-state index < -0.39 is 5.82 Å². The average molecular weight is 352 g/mol. The van der Waals surface area contributed by atoms with Gasteiger partial charge in [0.2, 0.25) is 5.91 Å². The summed E-state index contributed by atoms with van der Waals surface area (Å²) in [6.45, 7) is 1.82. The van der Waals surface area contributed by atoms with Gasteiger partial charge >= 0.3 is 0 Å². The number of ether oxygens (including phenoxy) is 2. The molecule has 1 amide bonds. The lowest BCUT2D eigenvalue weighted by Gasteiger charge is -2.18. The average Bonchev–Trinajstić information content (AvgIpc) is 2.57. The topological polar surface area (TPSA) is 47.6 Å². The van der Waals surface area contributed by atoms with Gasteiger partial charge < -0.3 is 14.8 Å². The van der Waals surface area contributed by atoms with Gasteiger partial charge in [-0.1, -0.05) is 17.7 Å². The summed E-state index contributed by atoms with van der Waals surface area (Å²) in [5, 5.41) is 3.06. The lowest BCUT2D eigenvalue weighted by Crippen LogP contribution is -2.28. The summed E-state index contributed by atoms with van der Waals surface area (Å²) in [5.41, 5.74) is 0.950. The summed E-state index contributed by atoms with van der Waals surface area (Å²) in [7, 11) is 3.12. The molecular formula is C18H19ClFNO3. The molecular weight excluding hydrogens is 333 g/mol. The van der Waals surface area contributed by atoms with Crippen LogP contribution in [0.4, 0.5) is 4.39 Å². The van der Waals surface area contributed by atoms with Crippen molar-refractivity contribution in [3.63, 3.8) is 0 Å². The van der Waals surface area contributed by atoms with E-state index in [-0.39, 0.29) is 29.0 Å². The van der Waals surface area contributed by atoms with Gasteiger partial charge in [0.05, 0.1) is 26.7 Å². The molecule has 0 saturated heterocycles. The zero-order valence-electron chi connectivity index (χ0n) is 13.7. The van der Waals surface area contributed by atoms with E-state index in [0.717, 1.165) is 5.56 Å². The summed E-state index contributed by atoms with van der Waals surface area (Å²) in [4.78, 5) is 12.2. The van der Waals surface area contributed by atoms with Crippen LogP contribution in [0.1, 0.15) is 24.1 Å². The molecule has 128 valence electrons. The molecule has 0 aliphatic rings. The molecule has 0 aliphatic carbocycles. The molecule has 0 fully saturated rings. The Kier molecular flexibility index (Phi) is 6.04. The molecule has 2 aromatic carbocycles. The van der Waals surface area contributed by atoms with Crippen LogP contribution in [0.15, 0.2) is 36.4 Å². The van der Waals surface area contributed by atoms with Gasteiger partial charge in [0.1, 0.15) is 17.3 Å². The molecule has 0 aromatic heterocycles. The molecule has 1 atom stereocenters. The summed E-state index contributed by atoms with van der Waals surface area (Å²) in [6.07, 6.45) is -0.137. The van der Waals surface area contributed by atoms with Gasteiger partial charge in [-0.15, -0.1) is 0 Å². The SMILES string of the molecule is COc1ccc(OC)c(C(C)NC(=O)Cc2c(F)cccc2Cl)c1. The van der Waals surface area contributed by atoms with E-state index in [0.29, 0.717) is 11.5 Å². The van der Waals surface area contributed by atoms with Crippen LogP contribution in [0.25, 0.3) is 0 Å². The zero-order chi connectivity index (χ0) is 17.7. The van der Waals surface area contributed by atoms with Crippen LogP contribution in [0, 0.1) is 5.82 Å².